The highest BCUT2D eigenvalue weighted by molar-refractivity contribution is 5.81. The summed E-state index contributed by atoms with van der Waals surface area (Å²) in [4.78, 5) is 26.1. The molecule has 3 N–H and O–H groups in total. The Morgan fingerprint density at radius 2 is 2.15 bits per heavy atom. The number of nitrogens with one attached hydrogen (secondary N) is 1. The van der Waals surface area contributed by atoms with Crippen molar-refractivity contribution < 1.29 is 22.8 Å². The number of alkyl halides is 3. The summed E-state index contributed by atoms with van der Waals surface area (Å²) in [6.07, 6.45) is -2.49. The van der Waals surface area contributed by atoms with Gasteiger partial charge in [-0.25, -0.2) is 0 Å². The van der Waals surface area contributed by atoms with Crippen LogP contribution in [0.3, 0.4) is 0 Å². The number of hydrogen-bond donors (Lipinski definition) is 2. The number of carbonyl (C=O) groups excluding carboxylic acids is 2. The van der Waals surface area contributed by atoms with Crippen molar-refractivity contribution >= 4 is 11.8 Å². The smallest absolute Gasteiger partial charge is 0.349 e. The topological polar surface area (TPSA) is 75.4 Å². The van der Waals surface area contributed by atoms with Crippen molar-refractivity contribution in [1.29, 1.82) is 0 Å². The number of carbonyl (C=O) groups is 2. The average molecular weight is 369 g/mol. The van der Waals surface area contributed by atoms with Gasteiger partial charge in [-0.2, -0.15) is 13.2 Å². The van der Waals surface area contributed by atoms with Gasteiger partial charge in [0.2, 0.25) is 11.8 Å². The van der Waals surface area contributed by atoms with Gasteiger partial charge >= 0.3 is 6.18 Å². The Kier molecular flexibility index (Phi) is 4.72. The second-order valence-corrected chi connectivity index (χ2v) is 7.22. The first-order valence-corrected chi connectivity index (χ1v) is 8.65. The van der Waals surface area contributed by atoms with Gasteiger partial charge in [0.15, 0.2) is 0 Å². The van der Waals surface area contributed by atoms with E-state index in [1.54, 1.807) is 11.0 Å². The summed E-state index contributed by atoms with van der Waals surface area (Å²) in [6.45, 7) is 1.63. The fraction of sp³-hybridized carbons (Fsp3) is 0.556. The van der Waals surface area contributed by atoms with E-state index in [4.69, 9.17) is 5.73 Å². The lowest BCUT2D eigenvalue weighted by Gasteiger charge is -2.35. The Bertz CT molecular complexity index is 722. The van der Waals surface area contributed by atoms with Gasteiger partial charge in [-0.3, -0.25) is 9.59 Å². The maximum Gasteiger partial charge on any atom is 0.416 e. The number of halogens is 3. The number of hydrogen-bond acceptors (Lipinski definition) is 3. The Labute approximate surface area is 149 Å². The van der Waals surface area contributed by atoms with Crippen LogP contribution in [0.1, 0.15) is 49.8 Å². The molecule has 0 spiro atoms. The number of rotatable bonds is 2. The SMILES string of the molecule is C[C@]12C[C@@H](c3cccc(C(F)(F)F)c3)N(C(=O)CN)[C@H]1CCCC(=O)N2. The predicted molar refractivity (Wildman–Crippen MR) is 88.9 cm³/mol. The van der Waals surface area contributed by atoms with Crippen molar-refractivity contribution in [1.82, 2.24) is 10.2 Å². The van der Waals surface area contributed by atoms with Crippen LogP contribution in [0.2, 0.25) is 0 Å². The number of nitrogens with zero attached hydrogens (tertiary/aromatic N) is 1. The molecular formula is C18H22F3N3O2. The van der Waals surface area contributed by atoms with Crippen LogP contribution in [-0.4, -0.2) is 34.8 Å². The summed E-state index contributed by atoms with van der Waals surface area (Å²) in [5.41, 5.74) is 4.54. The van der Waals surface area contributed by atoms with Crippen molar-refractivity contribution in [2.24, 2.45) is 5.73 Å². The number of nitrogens with two attached hydrogens (primary N) is 1. The van der Waals surface area contributed by atoms with E-state index < -0.39 is 23.3 Å². The third kappa shape index (κ3) is 3.30. The van der Waals surface area contributed by atoms with Crippen molar-refractivity contribution in [2.75, 3.05) is 6.54 Å². The minimum atomic E-state index is -4.46. The van der Waals surface area contributed by atoms with Gasteiger partial charge in [-0.05, 0) is 43.9 Å². The highest BCUT2D eigenvalue weighted by atomic mass is 19.4. The second kappa shape index (κ2) is 6.57. The number of amides is 2. The second-order valence-electron chi connectivity index (χ2n) is 7.22. The molecule has 3 rings (SSSR count). The molecule has 1 aromatic rings. The third-order valence-electron chi connectivity index (χ3n) is 5.39. The summed E-state index contributed by atoms with van der Waals surface area (Å²) in [6, 6.07) is 4.18. The van der Waals surface area contributed by atoms with Crippen molar-refractivity contribution in [3.8, 4) is 0 Å². The van der Waals surface area contributed by atoms with Crippen molar-refractivity contribution in [2.45, 2.75) is 56.4 Å². The summed E-state index contributed by atoms with van der Waals surface area (Å²) < 4.78 is 39.3. The van der Waals surface area contributed by atoms with Crippen LogP contribution in [0.15, 0.2) is 24.3 Å². The van der Waals surface area contributed by atoms with Crippen LogP contribution in [0.4, 0.5) is 13.2 Å². The molecule has 0 aromatic heterocycles. The maximum atomic E-state index is 13.1. The molecule has 0 radical (unpaired) electrons. The summed E-state index contributed by atoms with van der Waals surface area (Å²) >= 11 is 0. The molecule has 1 aromatic carbocycles. The van der Waals surface area contributed by atoms with Gasteiger partial charge in [0.1, 0.15) is 0 Å². The first-order valence-electron chi connectivity index (χ1n) is 8.65. The molecule has 2 fully saturated rings. The van der Waals surface area contributed by atoms with E-state index >= 15 is 0 Å². The Morgan fingerprint density at radius 3 is 2.81 bits per heavy atom. The summed E-state index contributed by atoms with van der Waals surface area (Å²) in [5, 5.41) is 2.97. The summed E-state index contributed by atoms with van der Waals surface area (Å²) in [7, 11) is 0. The highest BCUT2D eigenvalue weighted by Crippen LogP contribution is 2.46. The molecule has 0 aliphatic carbocycles. The summed E-state index contributed by atoms with van der Waals surface area (Å²) in [5.74, 6) is -0.419. The maximum absolute atomic E-state index is 13.1. The zero-order valence-corrected chi connectivity index (χ0v) is 14.5. The quantitative estimate of drug-likeness (QED) is 0.840. The van der Waals surface area contributed by atoms with E-state index in [2.05, 4.69) is 5.32 Å². The lowest BCUT2D eigenvalue weighted by Crippen LogP contribution is -2.54. The van der Waals surface area contributed by atoms with E-state index in [9.17, 15) is 22.8 Å². The van der Waals surface area contributed by atoms with Crippen molar-refractivity contribution in [3.63, 3.8) is 0 Å². The average Bonchev–Trinajstić information content (AvgIpc) is 2.77. The van der Waals surface area contributed by atoms with Crippen LogP contribution in [0.5, 0.6) is 0 Å². The minimum absolute atomic E-state index is 0.0974. The molecule has 26 heavy (non-hydrogen) atoms. The predicted octanol–water partition coefficient (Wildman–Crippen LogP) is 2.36. The molecular weight excluding hydrogens is 347 g/mol. The van der Waals surface area contributed by atoms with Crippen LogP contribution in [-0.2, 0) is 15.8 Å². The zero-order chi connectivity index (χ0) is 19.1. The Morgan fingerprint density at radius 1 is 1.42 bits per heavy atom. The van der Waals surface area contributed by atoms with Crippen molar-refractivity contribution in [3.05, 3.63) is 35.4 Å². The molecule has 8 heteroatoms. The van der Waals surface area contributed by atoms with Gasteiger partial charge in [0.05, 0.1) is 29.7 Å². The molecule has 142 valence electrons. The zero-order valence-electron chi connectivity index (χ0n) is 14.5. The third-order valence-corrected chi connectivity index (χ3v) is 5.39. The minimum Gasteiger partial charge on any atom is -0.349 e. The monoisotopic (exact) mass is 369 g/mol. The van der Waals surface area contributed by atoms with Crippen LogP contribution < -0.4 is 11.1 Å². The van der Waals surface area contributed by atoms with E-state index in [0.29, 0.717) is 31.2 Å². The Balaban J connectivity index is 2.03. The number of benzene rings is 1. The molecule has 0 saturated carbocycles. The normalized spacial score (nSPS) is 29.1. The van der Waals surface area contributed by atoms with Gasteiger partial charge < -0.3 is 16.0 Å². The fourth-order valence-electron chi connectivity index (χ4n) is 4.24. The number of fused-ring (bicyclic) bond motifs is 1. The van der Waals surface area contributed by atoms with Gasteiger partial charge in [-0.15, -0.1) is 0 Å². The molecule has 2 aliphatic heterocycles. The largest absolute Gasteiger partial charge is 0.416 e. The molecule has 0 unspecified atom stereocenters. The molecule has 2 aliphatic rings. The molecule has 2 amide bonds. The van der Waals surface area contributed by atoms with E-state index in [1.165, 1.54) is 6.07 Å². The lowest BCUT2D eigenvalue weighted by molar-refractivity contribution is -0.137. The molecule has 2 saturated heterocycles. The first-order chi connectivity index (χ1) is 12.2. The number of likely N-dealkylation sites (tertiary alicyclic amines) is 1. The Hall–Kier alpha value is -2.09. The van der Waals surface area contributed by atoms with Gasteiger partial charge in [-0.1, -0.05) is 12.1 Å². The highest BCUT2D eigenvalue weighted by Gasteiger charge is 2.52. The van der Waals surface area contributed by atoms with Crippen LogP contribution in [0.25, 0.3) is 0 Å². The van der Waals surface area contributed by atoms with E-state index in [0.717, 1.165) is 12.1 Å². The molecule has 0 bridgehead atoms. The van der Waals surface area contributed by atoms with Gasteiger partial charge in [0.25, 0.3) is 0 Å². The van der Waals surface area contributed by atoms with Crippen LogP contribution >= 0.6 is 0 Å². The fourth-order valence-corrected chi connectivity index (χ4v) is 4.24. The molecule has 2 heterocycles. The lowest BCUT2D eigenvalue weighted by atomic mass is 9.88. The van der Waals surface area contributed by atoms with Crippen LogP contribution in [0, 0.1) is 0 Å². The van der Waals surface area contributed by atoms with E-state index in [-0.39, 0.29) is 24.4 Å². The van der Waals surface area contributed by atoms with E-state index in [1.807, 2.05) is 6.92 Å². The molecule has 3 atom stereocenters. The van der Waals surface area contributed by atoms with Gasteiger partial charge in [0, 0.05) is 6.42 Å². The first kappa shape index (κ1) is 18.7. The standard InChI is InChI=1S/C18H22F3N3O2/c1-17-9-13(11-4-2-5-12(8-11)18(19,20)21)24(16(26)10-22)14(17)6-3-7-15(25)23-17/h2,4-5,8,13-14H,3,6-7,9-10,22H2,1H3,(H,23,25)/t13-,14-,17-/m0/s1. The molecule has 5 nitrogen and oxygen atoms in total.